The van der Waals surface area contributed by atoms with E-state index >= 15 is 0 Å². The van der Waals surface area contributed by atoms with Crippen LogP contribution in [0.2, 0.25) is 20.1 Å². The second kappa shape index (κ2) is 11.3. The van der Waals surface area contributed by atoms with Gasteiger partial charge >= 0.3 is 5.60 Å². The van der Waals surface area contributed by atoms with Gasteiger partial charge in [0, 0.05) is 29.6 Å². The SMILES string of the molecule is N#CC(Oc1ccc(Cl)cc1Cl)(C(=O)CCOc1ccc(Cl)cc1Cl)C(=O)N1CCCCC1. The smallest absolute Gasteiger partial charge is 0.330 e. The van der Waals surface area contributed by atoms with Crippen LogP contribution in [0.25, 0.3) is 0 Å². The Morgan fingerprint density at radius 3 is 2.06 bits per heavy atom. The van der Waals surface area contributed by atoms with Gasteiger partial charge in [-0.2, -0.15) is 5.26 Å². The normalized spacial score (nSPS) is 15.3. The molecule has 1 fully saturated rings. The molecule has 0 aliphatic carbocycles. The number of benzene rings is 2. The van der Waals surface area contributed by atoms with Gasteiger partial charge in [0.2, 0.25) is 5.78 Å². The number of nitrogens with zero attached hydrogens (tertiary/aromatic N) is 2. The molecule has 2 aromatic rings. The zero-order chi connectivity index (χ0) is 24.0. The molecule has 0 spiro atoms. The van der Waals surface area contributed by atoms with E-state index in [1.807, 2.05) is 6.07 Å². The lowest BCUT2D eigenvalue weighted by molar-refractivity contribution is -0.152. The third-order valence-corrected chi connectivity index (χ3v) is 6.19. The average Bonchev–Trinajstić information content (AvgIpc) is 2.80. The van der Waals surface area contributed by atoms with Crippen molar-refractivity contribution in [2.45, 2.75) is 31.3 Å². The fourth-order valence-electron chi connectivity index (χ4n) is 3.42. The fraction of sp³-hybridized carbons (Fsp3) is 0.348. The van der Waals surface area contributed by atoms with Crippen molar-refractivity contribution in [3.8, 4) is 17.6 Å². The molecule has 0 radical (unpaired) electrons. The number of Topliss-reactive ketones (excluding diaryl/α,β-unsaturated/α-hetero) is 1. The third kappa shape index (κ3) is 6.04. The lowest BCUT2D eigenvalue weighted by Gasteiger charge is -2.34. The molecule has 33 heavy (non-hydrogen) atoms. The highest BCUT2D eigenvalue weighted by atomic mass is 35.5. The largest absolute Gasteiger partial charge is 0.492 e. The van der Waals surface area contributed by atoms with Crippen LogP contribution in [-0.4, -0.2) is 41.9 Å². The maximum atomic E-state index is 13.4. The van der Waals surface area contributed by atoms with Crippen molar-refractivity contribution >= 4 is 58.1 Å². The van der Waals surface area contributed by atoms with Crippen LogP contribution in [-0.2, 0) is 9.59 Å². The van der Waals surface area contributed by atoms with E-state index in [0.29, 0.717) is 28.9 Å². The summed E-state index contributed by atoms with van der Waals surface area (Å²) in [6.45, 7) is 0.739. The second-order valence-electron chi connectivity index (χ2n) is 7.42. The molecular weight excluding hydrogens is 510 g/mol. The van der Waals surface area contributed by atoms with Gasteiger partial charge in [-0.05, 0) is 55.7 Å². The molecular formula is C23H20Cl4N2O4. The predicted molar refractivity (Wildman–Crippen MR) is 127 cm³/mol. The van der Waals surface area contributed by atoms with Crippen molar-refractivity contribution in [1.29, 1.82) is 5.26 Å². The Bertz CT molecular complexity index is 1080. The third-order valence-electron chi connectivity index (χ3n) is 5.13. The van der Waals surface area contributed by atoms with Gasteiger partial charge in [0.1, 0.15) is 17.6 Å². The molecule has 2 aromatic carbocycles. The minimum Gasteiger partial charge on any atom is -0.492 e. The molecule has 0 saturated carbocycles. The minimum absolute atomic E-state index is 0.00277. The van der Waals surface area contributed by atoms with Crippen LogP contribution in [0.5, 0.6) is 11.5 Å². The van der Waals surface area contributed by atoms with E-state index in [0.717, 1.165) is 19.3 Å². The predicted octanol–water partition coefficient (Wildman–Crippen LogP) is 5.99. The molecule has 1 aliphatic rings. The number of halogens is 4. The van der Waals surface area contributed by atoms with Gasteiger partial charge in [-0.25, -0.2) is 0 Å². The number of hydrogen-bond acceptors (Lipinski definition) is 5. The molecule has 0 N–H and O–H groups in total. The molecule has 1 aliphatic heterocycles. The maximum Gasteiger partial charge on any atom is 0.330 e. The summed E-state index contributed by atoms with van der Waals surface area (Å²) in [7, 11) is 0. The number of amides is 1. The fourth-order valence-corrected chi connectivity index (χ4v) is 4.33. The van der Waals surface area contributed by atoms with E-state index in [1.54, 1.807) is 12.1 Å². The summed E-state index contributed by atoms with van der Waals surface area (Å²) in [6, 6.07) is 10.8. The van der Waals surface area contributed by atoms with E-state index in [-0.39, 0.29) is 28.8 Å². The first kappa shape index (κ1) is 25.5. The number of carbonyl (C=O) groups is 2. The van der Waals surface area contributed by atoms with Gasteiger partial charge in [-0.15, -0.1) is 0 Å². The Balaban J connectivity index is 1.85. The number of ether oxygens (including phenoxy) is 2. The van der Waals surface area contributed by atoms with Crippen molar-refractivity contribution in [3.63, 3.8) is 0 Å². The zero-order valence-electron chi connectivity index (χ0n) is 17.5. The van der Waals surface area contributed by atoms with Gasteiger partial charge in [0.05, 0.1) is 16.7 Å². The van der Waals surface area contributed by atoms with E-state index in [1.165, 1.54) is 29.2 Å². The summed E-state index contributed by atoms with van der Waals surface area (Å²) in [5.41, 5.74) is -2.41. The highest BCUT2D eigenvalue weighted by Crippen LogP contribution is 2.33. The lowest BCUT2D eigenvalue weighted by Crippen LogP contribution is -2.58. The Kier molecular flexibility index (Phi) is 8.72. The monoisotopic (exact) mass is 528 g/mol. The van der Waals surface area contributed by atoms with Gasteiger partial charge in [0.15, 0.2) is 0 Å². The molecule has 1 amide bonds. The Morgan fingerprint density at radius 1 is 0.939 bits per heavy atom. The summed E-state index contributed by atoms with van der Waals surface area (Å²) < 4.78 is 11.3. The molecule has 3 rings (SSSR count). The minimum atomic E-state index is -2.41. The Morgan fingerprint density at radius 2 is 1.52 bits per heavy atom. The Hall–Kier alpha value is -2.17. The van der Waals surface area contributed by atoms with E-state index < -0.39 is 17.3 Å². The molecule has 1 saturated heterocycles. The lowest BCUT2D eigenvalue weighted by atomic mass is 9.94. The number of piperidine rings is 1. The van der Waals surface area contributed by atoms with E-state index in [9.17, 15) is 14.9 Å². The highest BCUT2D eigenvalue weighted by molar-refractivity contribution is 6.36. The van der Waals surface area contributed by atoms with Crippen LogP contribution in [0.4, 0.5) is 0 Å². The van der Waals surface area contributed by atoms with E-state index in [4.69, 9.17) is 55.9 Å². The molecule has 10 heteroatoms. The van der Waals surface area contributed by atoms with Crippen molar-refractivity contribution in [3.05, 3.63) is 56.5 Å². The first-order valence-corrected chi connectivity index (χ1v) is 11.7. The molecule has 0 aromatic heterocycles. The van der Waals surface area contributed by atoms with Crippen LogP contribution in [0.1, 0.15) is 25.7 Å². The molecule has 1 unspecified atom stereocenters. The summed E-state index contributed by atoms with van der Waals surface area (Å²) in [5.74, 6) is -1.15. The number of likely N-dealkylation sites (tertiary alicyclic amines) is 1. The summed E-state index contributed by atoms with van der Waals surface area (Å²) in [6.07, 6.45) is 2.25. The highest BCUT2D eigenvalue weighted by Gasteiger charge is 2.51. The average molecular weight is 530 g/mol. The maximum absolute atomic E-state index is 13.4. The molecule has 6 nitrogen and oxygen atoms in total. The Labute approximate surface area is 211 Å². The first-order chi connectivity index (χ1) is 15.8. The quantitative estimate of drug-likeness (QED) is 0.392. The molecule has 174 valence electrons. The summed E-state index contributed by atoms with van der Waals surface area (Å²) in [4.78, 5) is 28.2. The second-order valence-corrected chi connectivity index (χ2v) is 9.11. The van der Waals surface area contributed by atoms with Crippen molar-refractivity contribution in [1.82, 2.24) is 4.90 Å². The van der Waals surface area contributed by atoms with Gasteiger partial charge in [0.25, 0.3) is 5.91 Å². The molecule has 1 atom stereocenters. The van der Waals surface area contributed by atoms with Gasteiger partial charge in [-0.1, -0.05) is 46.4 Å². The number of rotatable bonds is 8. The first-order valence-electron chi connectivity index (χ1n) is 10.2. The van der Waals surface area contributed by atoms with Crippen molar-refractivity contribution in [2.24, 2.45) is 0 Å². The van der Waals surface area contributed by atoms with Crippen LogP contribution < -0.4 is 9.47 Å². The van der Waals surface area contributed by atoms with Gasteiger partial charge in [-0.3, -0.25) is 9.59 Å². The zero-order valence-corrected chi connectivity index (χ0v) is 20.5. The van der Waals surface area contributed by atoms with Crippen LogP contribution in [0, 0.1) is 11.3 Å². The van der Waals surface area contributed by atoms with Crippen LogP contribution in [0.15, 0.2) is 36.4 Å². The number of carbonyl (C=O) groups excluding carboxylic acids is 2. The van der Waals surface area contributed by atoms with Crippen LogP contribution in [0.3, 0.4) is 0 Å². The molecule has 0 bridgehead atoms. The van der Waals surface area contributed by atoms with Crippen molar-refractivity contribution in [2.75, 3.05) is 19.7 Å². The molecule has 1 heterocycles. The standard InChI is InChI=1S/C23H20Cl4N2O4/c24-15-4-6-19(17(26)12-15)32-11-8-21(30)23(14-28,22(31)29-9-2-1-3-10-29)33-20-7-5-16(25)13-18(20)27/h4-7,12-13H,1-3,8-11H2. The van der Waals surface area contributed by atoms with Crippen LogP contribution >= 0.6 is 46.4 Å². The summed E-state index contributed by atoms with van der Waals surface area (Å²) in [5, 5.41) is 11.2. The topological polar surface area (TPSA) is 79.6 Å². The number of hydrogen-bond donors (Lipinski definition) is 0. The number of ketones is 1. The number of nitriles is 1. The van der Waals surface area contributed by atoms with E-state index in [2.05, 4.69) is 0 Å². The van der Waals surface area contributed by atoms with Crippen molar-refractivity contribution < 1.29 is 19.1 Å². The van der Waals surface area contributed by atoms with Gasteiger partial charge < -0.3 is 14.4 Å². The summed E-state index contributed by atoms with van der Waals surface area (Å²) >= 11 is 24.1.